The molecule has 52 heavy (non-hydrogen) atoms. The number of amides is 2. The van der Waals surface area contributed by atoms with Gasteiger partial charge in [-0.15, -0.1) is 11.6 Å². The molecule has 0 radical (unpaired) electrons. The third kappa shape index (κ3) is 19.4. The minimum Gasteiger partial charge on any atom is -0.497 e. The molecule has 2 aliphatic carbocycles. The molecule has 0 heterocycles. The average Bonchev–Trinajstić information content (AvgIpc) is 3.95. The average molecular weight is 783 g/mol. The number of carbonyl (C=O) groups excluding carboxylic acids is 2. The minimum absolute atomic E-state index is 0. The Morgan fingerprint density at radius 3 is 1.48 bits per heavy atom. The zero-order valence-corrected chi connectivity index (χ0v) is 34.7. The number of benzene rings is 2. The summed E-state index contributed by atoms with van der Waals surface area (Å²) in [6.45, 7) is 15.8. The molecule has 4 rings (SSSR count). The van der Waals surface area contributed by atoms with Gasteiger partial charge in [-0.3, -0.25) is 0 Å². The molecule has 2 aromatic carbocycles. The van der Waals surface area contributed by atoms with Gasteiger partial charge in [-0.25, -0.2) is 35.9 Å². The van der Waals surface area contributed by atoms with Gasteiger partial charge in [0.25, 0.3) is 0 Å². The molecule has 2 N–H and O–H groups in total. The molecular formula is C36H56ClLiN2O10S2. The Bertz CT molecular complexity index is 1560. The van der Waals surface area contributed by atoms with Crippen LogP contribution in [0.5, 0.6) is 11.5 Å². The summed E-state index contributed by atoms with van der Waals surface area (Å²) >= 11 is 5.58. The minimum atomic E-state index is -3.79. The standard InChI is InChI=1S/C16H23NO5S.C8H9ClO.C8H15NO4S.C4H9.Li/c1-15(2,3)22-14(18)17-23(19,20)16(9-10-16)11-12-5-7-13(21-4)8-6-12;1-10-8-4-2-7(6-9)3-5-8;1-8(2,3)13-7(10)9-14(11,12)6-4-5-6;1-3-4-2;/h5-8H,9-11H2,1-4H3,(H,17,18);2-5H,6H2,1H3;6H,4-5H2,1-3H3,(H,9,10);1,3-4H2,2H3;/q;;;-1;+1. The molecule has 2 saturated carbocycles. The SMILES string of the molecule is CC(C)(C)OC(=O)NS(=O)(=O)C1CC1.COc1ccc(CC2(S(=O)(=O)NC(=O)OC(C)(C)C)CC2)cc1.COc1ccc(CCl)cc1.[CH2-]CCC.[Li+]. The van der Waals surface area contributed by atoms with Crippen LogP contribution in [0.3, 0.4) is 0 Å². The predicted molar refractivity (Wildman–Crippen MR) is 201 cm³/mol. The van der Waals surface area contributed by atoms with Crippen molar-refractivity contribution in [3.05, 3.63) is 66.6 Å². The number of hydrogen-bond donors (Lipinski definition) is 2. The van der Waals surface area contributed by atoms with Crippen molar-refractivity contribution in [3.8, 4) is 11.5 Å². The number of nitrogens with one attached hydrogen (secondary N) is 2. The summed E-state index contributed by atoms with van der Waals surface area (Å²) in [4.78, 5) is 22.8. The molecule has 2 fully saturated rings. The molecular weight excluding hydrogens is 727 g/mol. The summed E-state index contributed by atoms with van der Waals surface area (Å²) in [5.74, 6) is 2.14. The van der Waals surface area contributed by atoms with E-state index in [4.69, 9.17) is 30.5 Å². The van der Waals surface area contributed by atoms with E-state index >= 15 is 0 Å². The van der Waals surface area contributed by atoms with E-state index in [0.717, 1.165) is 23.3 Å². The van der Waals surface area contributed by atoms with Crippen LogP contribution in [0.2, 0.25) is 0 Å². The molecule has 16 heteroatoms. The molecule has 0 aromatic heterocycles. The molecule has 2 aromatic rings. The summed E-state index contributed by atoms with van der Waals surface area (Å²) in [5.41, 5.74) is 0.579. The van der Waals surface area contributed by atoms with Gasteiger partial charge in [0.15, 0.2) is 0 Å². The topological polar surface area (TPSA) is 163 Å². The number of ether oxygens (including phenoxy) is 4. The van der Waals surface area contributed by atoms with Crippen molar-refractivity contribution in [1.29, 1.82) is 0 Å². The predicted octanol–water partition coefficient (Wildman–Crippen LogP) is 4.69. The molecule has 2 aliphatic rings. The van der Waals surface area contributed by atoms with Gasteiger partial charge < -0.3 is 25.9 Å². The number of halogens is 1. The molecule has 2 amide bonds. The van der Waals surface area contributed by atoms with Crippen molar-refractivity contribution < 1.29 is 64.2 Å². The van der Waals surface area contributed by atoms with Crippen LogP contribution in [-0.2, 0) is 41.8 Å². The zero-order chi connectivity index (χ0) is 39.1. The van der Waals surface area contributed by atoms with Crippen LogP contribution < -0.4 is 37.8 Å². The molecule has 0 saturated heterocycles. The molecule has 0 spiro atoms. The third-order valence-electron chi connectivity index (χ3n) is 6.93. The van der Waals surface area contributed by atoms with Gasteiger partial charge >= 0.3 is 31.0 Å². The first-order valence-corrected chi connectivity index (χ1v) is 20.2. The van der Waals surface area contributed by atoms with E-state index in [1.807, 2.05) is 45.8 Å². The zero-order valence-electron chi connectivity index (χ0n) is 32.3. The van der Waals surface area contributed by atoms with E-state index in [0.29, 0.717) is 43.7 Å². The van der Waals surface area contributed by atoms with E-state index in [2.05, 4.69) is 13.8 Å². The Labute approximate surface area is 328 Å². The van der Waals surface area contributed by atoms with Crippen LogP contribution in [0, 0.1) is 6.92 Å². The van der Waals surface area contributed by atoms with Gasteiger partial charge in [-0.1, -0.05) is 37.6 Å². The maximum absolute atomic E-state index is 12.5. The van der Waals surface area contributed by atoms with Crippen LogP contribution in [0.1, 0.15) is 98.1 Å². The first kappa shape index (κ1) is 49.4. The van der Waals surface area contributed by atoms with Gasteiger partial charge in [0.2, 0.25) is 20.0 Å². The molecule has 0 unspecified atom stereocenters. The van der Waals surface area contributed by atoms with Crippen molar-refractivity contribution in [2.24, 2.45) is 0 Å². The van der Waals surface area contributed by atoms with Crippen LogP contribution >= 0.6 is 11.6 Å². The maximum Gasteiger partial charge on any atom is 1.00 e. The Balaban J connectivity index is 0.000000763. The van der Waals surface area contributed by atoms with E-state index < -0.39 is 53.4 Å². The first-order valence-electron chi connectivity index (χ1n) is 16.7. The number of rotatable bonds is 10. The number of carbonyl (C=O) groups is 2. The quantitative estimate of drug-likeness (QED) is 0.197. The fraction of sp³-hybridized carbons (Fsp3) is 0.583. The number of methoxy groups -OCH3 is 2. The number of alkyl halides is 1. The van der Waals surface area contributed by atoms with Crippen LogP contribution in [-0.4, -0.2) is 64.4 Å². The summed E-state index contributed by atoms with van der Waals surface area (Å²) in [6.07, 6.45) is 3.10. The summed E-state index contributed by atoms with van der Waals surface area (Å²) in [5, 5.41) is -0.407. The third-order valence-corrected chi connectivity index (χ3v) is 11.2. The smallest absolute Gasteiger partial charge is 0.497 e. The Morgan fingerprint density at radius 2 is 1.17 bits per heavy atom. The number of hydrogen-bond acceptors (Lipinski definition) is 10. The van der Waals surface area contributed by atoms with Crippen molar-refractivity contribution in [2.75, 3.05) is 14.2 Å². The Morgan fingerprint density at radius 1 is 0.788 bits per heavy atom. The van der Waals surface area contributed by atoms with Gasteiger partial charge in [-0.2, -0.15) is 6.42 Å². The second-order valence-electron chi connectivity index (χ2n) is 14.0. The van der Waals surface area contributed by atoms with E-state index in [1.54, 1.807) is 67.9 Å². The van der Waals surface area contributed by atoms with E-state index in [9.17, 15) is 26.4 Å². The van der Waals surface area contributed by atoms with Crippen LogP contribution in [0.25, 0.3) is 0 Å². The second-order valence-corrected chi connectivity index (χ2v) is 18.3. The summed E-state index contributed by atoms with van der Waals surface area (Å²) in [7, 11) is -4.05. The molecule has 0 bridgehead atoms. The molecule has 12 nitrogen and oxygen atoms in total. The monoisotopic (exact) mass is 782 g/mol. The molecule has 0 atom stereocenters. The van der Waals surface area contributed by atoms with Gasteiger partial charge in [0, 0.05) is 5.88 Å². The Hall–Kier alpha value is -2.63. The first-order chi connectivity index (χ1) is 23.6. The normalized spacial score (nSPS) is 14.4. The van der Waals surface area contributed by atoms with Gasteiger partial charge in [-0.05, 0) is 109 Å². The van der Waals surface area contributed by atoms with E-state index in [-0.39, 0.29) is 18.9 Å². The fourth-order valence-corrected chi connectivity index (χ4v) is 6.75. The van der Waals surface area contributed by atoms with Crippen molar-refractivity contribution in [2.45, 2.75) is 120 Å². The number of unbranched alkanes of at least 4 members (excludes halogenated alkanes) is 1. The largest absolute Gasteiger partial charge is 1.00 e. The molecule has 0 aliphatic heterocycles. The number of sulfonamides is 2. The second kappa shape index (κ2) is 21.9. The van der Waals surface area contributed by atoms with Crippen LogP contribution in [0.15, 0.2) is 48.5 Å². The van der Waals surface area contributed by atoms with Gasteiger partial charge in [0.05, 0.1) is 24.2 Å². The van der Waals surface area contributed by atoms with Crippen molar-refractivity contribution in [1.82, 2.24) is 9.44 Å². The fourth-order valence-electron chi connectivity index (χ4n) is 3.90. The Kier molecular flexibility index (Phi) is 20.8. The summed E-state index contributed by atoms with van der Waals surface area (Å²) in [6, 6.07) is 15.0. The van der Waals surface area contributed by atoms with Crippen molar-refractivity contribution >= 4 is 43.8 Å². The maximum atomic E-state index is 12.5. The molecule has 290 valence electrons. The van der Waals surface area contributed by atoms with E-state index in [1.165, 1.54) is 6.42 Å². The van der Waals surface area contributed by atoms with Gasteiger partial charge in [0.1, 0.15) is 22.7 Å². The van der Waals surface area contributed by atoms with Crippen molar-refractivity contribution in [3.63, 3.8) is 0 Å². The van der Waals surface area contributed by atoms with Crippen LogP contribution in [0.4, 0.5) is 9.59 Å². The summed E-state index contributed by atoms with van der Waals surface area (Å²) < 4.78 is 70.5.